The Labute approximate surface area is 88.3 Å². The van der Waals surface area contributed by atoms with Crippen molar-refractivity contribution in [1.29, 1.82) is 0 Å². The molecule has 0 saturated heterocycles. The Morgan fingerprint density at radius 2 is 2.14 bits per heavy atom. The lowest BCUT2D eigenvalue weighted by atomic mass is 10.6. The van der Waals surface area contributed by atoms with Gasteiger partial charge in [0.2, 0.25) is 0 Å². The monoisotopic (exact) mass is 228 g/mol. The summed E-state index contributed by atoms with van der Waals surface area (Å²) >= 11 is 6.96. The molecule has 6 nitrogen and oxygen atoms in total. The van der Waals surface area contributed by atoms with Gasteiger partial charge in [-0.2, -0.15) is 5.10 Å². The van der Waals surface area contributed by atoms with Crippen LogP contribution in [0, 0.1) is 0 Å². The van der Waals surface area contributed by atoms with Crippen LogP contribution < -0.4 is 5.73 Å². The summed E-state index contributed by atoms with van der Waals surface area (Å²) in [4.78, 5) is 11.6. The molecule has 0 aliphatic rings. The summed E-state index contributed by atoms with van der Waals surface area (Å²) in [7, 11) is 0. The van der Waals surface area contributed by atoms with E-state index >= 15 is 0 Å². The van der Waals surface area contributed by atoms with E-state index in [1.807, 2.05) is 0 Å². The molecule has 0 fully saturated rings. The number of rotatable bonds is 2. The summed E-state index contributed by atoms with van der Waals surface area (Å²) in [5.41, 5.74) is 6.00. The van der Waals surface area contributed by atoms with E-state index in [0.29, 0.717) is 15.9 Å². The number of aromatic nitrogens is 5. The van der Waals surface area contributed by atoms with Crippen molar-refractivity contribution < 1.29 is 0 Å². The summed E-state index contributed by atoms with van der Waals surface area (Å²) in [6.07, 6.45) is 2.75. The highest BCUT2D eigenvalue weighted by Crippen LogP contribution is 2.30. The lowest BCUT2D eigenvalue weighted by Crippen LogP contribution is -1.95. The molecule has 0 amide bonds. The quantitative estimate of drug-likeness (QED) is 0.745. The zero-order valence-corrected chi connectivity index (χ0v) is 8.38. The molecule has 0 unspecified atom stereocenters. The minimum absolute atomic E-state index is 0.238. The summed E-state index contributed by atoms with van der Waals surface area (Å²) < 4.78 is 0. The first-order valence-electron chi connectivity index (χ1n) is 3.56. The molecule has 0 aromatic carbocycles. The fourth-order valence-electron chi connectivity index (χ4n) is 0.776. The number of nitrogen functional groups attached to an aromatic ring is 1. The van der Waals surface area contributed by atoms with Gasteiger partial charge >= 0.3 is 0 Å². The van der Waals surface area contributed by atoms with E-state index in [4.69, 9.17) is 17.3 Å². The van der Waals surface area contributed by atoms with Crippen molar-refractivity contribution in [2.75, 3.05) is 5.73 Å². The van der Waals surface area contributed by atoms with Crippen LogP contribution in [0.2, 0.25) is 5.15 Å². The average Bonchev–Trinajstić information content (AvgIpc) is 2.66. The van der Waals surface area contributed by atoms with Crippen molar-refractivity contribution in [2.24, 2.45) is 0 Å². The van der Waals surface area contributed by atoms with Crippen LogP contribution in [0.25, 0.3) is 0 Å². The normalized spacial score (nSPS) is 10.4. The fraction of sp³-hybridized carbons (Fsp3) is 0. The van der Waals surface area contributed by atoms with Gasteiger partial charge in [0.15, 0.2) is 10.3 Å². The number of halogens is 1. The molecule has 2 aromatic rings. The maximum atomic E-state index is 5.72. The van der Waals surface area contributed by atoms with E-state index in [1.54, 1.807) is 0 Å². The first-order chi connectivity index (χ1) is 6.77. The molecule has 8 heteroatoms. The maximum Gasteiger partial charge on any atom is 0.189 e. The highest BCUT2D eigenvalue weighted by Gasteiger charge is 2.08. The SMILES string of the molecule is Nc1c(Cl)ncnc1Sc1ncn[nH]1. The molecule has 0 radical (unpaired) electrons. The van der Waals surface area contributed by atoms with E-state index in [-0.39, 0.29) is 5.15 Å². The van der Waals surface area contributed by atoms with Gasteiger partial charge in [-0.25, -0.2) is 15.0 Å². The summed E-state index contributed by atoms with van der Waals surface area (Å²) in [5.74, 6) is 0. The molecule has 2 heterocycles. The molecular weight excluding hydrogens is 224 g/mol. The zero-order valence-electron chi connectivity index (χ0n) is 6.81. The van der Waals surface area contributed by atoms with Crippen molar-refractivity contribution in [3.8, 4) is 0 Å². The number of hydrogen-bond donors (Lipinski definition) is 2. The van der Waals surface area contributed by atoms with E-state index in [0.717, 1.165) is 0 Å². The first kappa shape index (κ1) is 9.22. The van der Waals surface area contributed by atoms with E-state index in [2.05, 4.69) is 25.1 Å². The Kier molecular flexibility index (Phi) is 2.51. The van der Waals surface area contributed by atoms with Crippen LogP contribution in [-0.2, 0) is 0 Å². The summed E-state index contributed by atoms with van der Waals surface area (Å²) in [5, 5.41) is 7.77. The molecule has 0 aliphatic heterocycles. The number of nitrogens with zero attached hydrogens (tertiary/aromatic N) is 4. The molecule has 0 spiro atoms. The number of nitrogens with two attached hydrogens (primary N) is 1. The number of nitrogens with one attached hydrogen (secondary N) is 1. The second-order valence-electron chi connectivity index (χ2n) is 2.28. The summed E-state index contributed by atoms with van der Waals surface area (Å²) in [6.45, 7) is 0. The lowest BCUT2D eigenvalue weighted by Gasteiger charge is -2.01. The predicted molar refractivity (Wildman–Crippen MR) is 52.0 cm³/mol. The molecule has 3 N–H and O–H groups in total. The topological polar surface area (TPSA) is 93.4 Å². The Morgan fingerprint density at radius 3 is 2.86 bits per heavy atom. The Bertz CT molecular complexity index is 430. The molecule has 2 aromatic heterocycles. The van der Waals surface area contributed by atoms with Crippen molar-refractivity contribution in [3.63, 3.8) is 0 Å². The van der Waals surface area contributed by atoms with Crippen molar-refractivity contribution in [3.05, 3.63) is 17.8 Å². The van der Waals surface area contributed by atoms with Crippen molar-refractivity contribution in [2.45, 2.75) is 10.2 Å². The van der Waals surface area contributed by atoms with Gasteiger partial charge in [0.1, 0.15) is 23.4 Å². The van der Waals surface area contributed by atoms with E-state index < -0.39 is 0 Å². The van der Waals surface area contributed by atoms with Crippen LogP contribution >= 0.6 is 23.4 Å². The third kappa shape index (κ3) is 1.78. The Hall–Kier alpha value is -1.34. The van der Waals surface area contributed by atoms with Gasteiger partial charge in [0.05, 0.1) is 0 Å². The second kappa shape index (κ2) is 3.81. The standard InChI is InChI=1S/C6H5ClN6S/c7-4-3(8)5(10-1-9-4)14-6-11-2-12-13-6/h1-2H,8H2,(H,11,12,13). The van der Waals surface area contributed by atoms with Crippen molar-refractivity contribution in [1.82, 2.24) is 25.1 Å². The van der Waals surface area contributed by atoms with Gasteiger partial charge in [-0.1, -0.05) is 11.6 Å². The molecule has 0 aliphatic carbocycles. The third-order valence-electron chi connectivity index (χ3n) is 1.38. The largest absolute Gasteiger partial charge is 0.394 e. The van der Waals surface area contributed by atoms with E-state index in [9.17, 15) is 0 Å². The Balaban J connectivity index is 2.29. The highest BCUT2D eigenvalue weighted by molar-refractivity contribution is 7.99. The number of H-pyrrole nitrogens is 1. The number of aromatic amines is 1. The van der Waals surface area contributed by atoms with Crippen LogP contribution in [0.15, 0.2) is 22.8 Å². The van der Waals surface area contributed by atoms with Crippen molar-refractivity contribution >= 4 is 29.1 Å². The highest BCUT2D eigenvalue weighted by atomic mass is 35.5. The molecule has 2 rings (SSSR count). The van der Waals surface area contributed by atoms with Gasteiger partial charge in [-0.15, -0.1) is 0 Å². The summed E-state index contributed by atoms with van der Waals surface area (Å²) in [6, 6.07) is 0. The molecule has 0 atom stereocenters. The molecule has 72 valence electrons. The number of anilines is 1. The maximum absolute atomic E-state index is 5.72. The van der Waals surface area contributed by atoms with Crippen LogP contribution in [0.1, 0.15) is 0 Å². The van der Waals surface area contributed by atoms with Gasteiger partial charge in [-0.3, -0.25) is 5.10 Å². The van der Waals surface area contributed by atoms with Gasteiger partial charge in [-0.05, 0) is 11.8 Å². The molecule has 0 saturated carbocycles. The van der Waals surface area contributed by atoms with Gasteiger partial charge in [0.25, 0.3) is 0 Å². The second-order valence-corrected chi connectivity index (χ2v) is 3.61. The smallest absolute Gasteiger partial charge is 0.189 e. The third-order valence-corrected chi connectivity index (χ3v) is 2.59. The molecular formula is C6H5ClN6S. The minimum Gasteiger partial charge on any atom is -0.394 e. The lowest BCUT2D eigenvalue weighted by molar-refractivity contribution is 0.964. The van der Waals surface area contributed by atoms with Gasteiger partial charge < -0.3 is 5.73 Å². The molecule has 14 heavy (non-hydrogen) atoms. The predicted octanol–water partition coefficient (Wildman–Crippen LogP) is 0.982. The van der Waals surface area contributed by atoms with Crippen LogP contribution in [0.4, 0.5) is 5.69 Å². The average molecular weight is 229 g/mol. The minimum atomic E-state index is 0.238. The van der Waals surface area contributed by atoms with Crippen LogP contribution in [0.5, 0.6) is 0 Å². The zero-order chi connectivity index (χ0) is 9.97. The van der Waals surface area contributed by atoms with Crippen LogP contribution in [-0.4, -0.2) is 25.1 Å². The van der Waals surface area contributed by atoms with Crippen LogP contribution in [0.3, 0.4) is 0 Å². The fourth-order valence-corrected chi connectivity index (χ4v) is 1.65. The molecule has 0 bridgehead atoms. The number of hydrogen-bond acceptors (Lipinski definition) is 6. The Morgan fingerprint density at radius 1 is 1.29 bits per heavy atom. The van der Waals surface area contributed by atoms with Gasteiger partial charge in [0, 0.05) is 0 Å². The van der Waals surface area contributed by atoms with E-state index in [1.165, 1.54) is 24.4 Å². The first-order valence-corrected chi connectivity index (χ1v) is 4.76.